The van der Waals surface area contributed by atoms with Gasteiger partial charge in [0.25, 0.3) is 0 Å². The minimum atomic E-state index is -4.61. The lowest BCUT2D eigenvalue weighted by atomic mass is 10.1. The van der Waals surface area contributed by atoms with Crippen LogP contribution in [0.2, 0.25) is 0 Å². The first-order valence-corrected chi connectivity index (χ1v) is 10.9. The lowest BCUT2D eigenvalue weighted by Crippen LogP contribution is -2.41. The highest BCUT2D eigenvalue weighted by atomic mass is 79.9. The number of fused-ring (bicyclic) bond motifs is 1. The maximum atomic E-state index is 14.0. The molecule has 1 aliphatic heterocycles. The van der Waals surface area contributed by atoms with Gasteiger partial charge < -0.3 is 9.30 Å². The Morgan fingerprint density at radius 3 is 2.50 bits per heavy atom. The summed E-state index contributed by atoms with van der Waals surface area (Å²) in [5.74, 6) is 0. The zero-order valence-electron chi connectivity index (χ0n) is 15.8. The Kier molecular flexibility index (Phi) is 6.24. The van der Waals surface area contributed by atoms with Crippen molar-refractivity contribution in [1.82, 2.24) is 14.3 Å². The third kappa shape index (κ3) is 4.60. The van der Waals surface area contributed by atoms with E-state index in [1.165, 1.54) is 6.20 Å². The van der Waals surface area contributed by atoms with Crippen molar-refractivity contribution in [1.29, 1.82) is 0 Å². The molecule has 0 unspecified atom stereocenters. The Hall–Kier alpha value is -0.970. The molecule has 1 aliphatic rings. The fraction of sp³-hybridized carbons (Fsp3) is 0.611. The molecule has 0 aliphatic carbocycles. The van der Waals surface area contributed by atoms with Gasteiger partial charge >= 0.3 is 6.18 Å². The van der Waals surface area contributed by atoms with E-state index in [2.05, 4.69) is 25.6 Å². The van der Waals surface area contributed by atoms with E-state index in [-0.39, 0.29) is 11.6 Å². The van der Waals surface area contributed by atoms with Crippen molar-refractivity contribution in [3.8, 4) is 0 Å². The molecule has 1 fully saturated rings. The summed E-state index contributed by atoms with van der Waals surface area (Å²) >= 11 is 3.31. The lowest BCUT2D eigenvalue weighted by Gasteiger charge is -2.26. The highest BCUT2D eigenvalue weighted by Gasteiger charge is 2.44. The highest BCUT2D eigenvalue weighted by molar-refractivity contribution is 9.10. The van der Waals surface area contributed by atoms with Crippen molar-refractivity contribution in [2.45, 2.75) is 56.6 Å². The predicted molar refractivity (Wildman–Crippen MR) is 106 cm³/mol. The van der Waals surface area contributed by atoms with Gasteiger partial charge in [-0.05, 0) is 61.7 Å². The zero-order chi connectivity index (χ0) is 20.7. The van der Waals surface area contributed by atoms with Crippen molar-refractivity contribution >= 4 is 37.9 Å². The molecule has 5 nitrogen and oxygen atoms in total. The first-order valence-electron chi connectivity index (χ1n) is 8.98. The molecule has 2 atom stereocenters. The predicted octanol–water partition coefficient (Wildman–Crippen LogP) is 4.81. The Morgan fingerprint density at radius 2 is 1.93 bits per heavy atom. The number of ether oxygens (including phenoxy) is 1. The molecule has 3 heterocycles. The molecule has 0 saturated carbocycles. The molecule has 28 heavy (non-hydrogen) atoms. The van der Waals surface area contributed by atoms with Gasteiger partial charge in [0.1, 0.15) is 16.3 Å². The van der Waals surface area contributed by atoms with Gasteiger partial charge in [-0.3, -0.25) is 0 Å². The third-order valence-electron chi connectivity index (χ3n) is 4.68. The largest absolute Gasteiger partial charge is 0.408 e. The van der Waals surface area contributed by atoms with Gasteiger partial charge in [0.2, 0.25) is 0 Å². The third-order valence-corrected chi connectivity index (χ3v) is 6.68. The molecule has 10 heteroatoms. The van der Waals surface area contributed by atoms with Crippen LogP contribution in [-0.4, -0.2) is 37.9 Å². The molecule has 2 aromatic rings. The molecule has 156 valence electrons. The van der Waals surface area contributed by atoms with Crippen LogP contribution in [0.3, 0.4) is 0 Å². The van der Waals surface area contributed by atoms with Gasteiger partial charge in [0, 0.05) is 36.4 Å². The van der Waals surface area contributed by atoms with Crippen LogP contribution in [-0.2, 0) is 15.7 Å². The van der Waals surface area contributed by atoms with Gasteiger partial charge in [-0.15, -0.1) is 0 Å². The SMILES string of the molecule is CC(C)(C)[S@](=O)N[C@@H](c1cn(C2CCOCC2)c2nc(Br)ccc12)C(F)(F)F. The number of hydrogen-bond donors (Lipinski definition) is 1. The topological polar surface area (TPSA) is 56.2 Å². The van der Waals surface area contributed by atoms with E-state index >= 15 is 0 Å². The zero-order valence-corrected chi connectivity index (χ0v) is 18.2. The second-order valence-corrected chi connectivity index (χ2v) is 10.6. The number of nitrogens with zero attached hydrogens (tertiary/aromatic N) is 2. The summed E-state index contributed by atoms with van der Waals surface area (Å²) in [5, 5.41) is 0.399. The number of aromatic nitrogens is 2. The fourth-order valence-electron chi connectivity index (χ4n) is 3.19. The Balaban J connectivity index is 2.12. The smallest absolute Gasteiger partial charge is 0.381 e. The summed E-state index contributed by atoms with van der Waals surface area (Å²) in [6, 6.07) is 1.19. The first-order chi connectivity index (χ1) is 13.0. The minimum Gasteiger partial charge on any atom is -0.381 e. The number of pyridine rings is 1. The van der Waals surface area contributed by atoms with E-state index in [1.807, 2.05) is 0 Å². The normalized spacial score (nSPS) is 19.1. The molecule has 3 rings (SSSR count). The first kappa shape index (κ1) is 21.7. The quantitative estimate of drug-likeness (QED) is 0.637. The van der Waals surface area contributed by atoms with Gasteiger partial charge in [0.15, 0.2) is 0 Å². The van der Waals surface area contributed by atoms with Crippen molar-refractivity contribution < 1.29 is 22.1 Å². The van der Waals surface area contributed by atoms with Crippen LogP contribution >= 0.6 is 15.9 Å². The molecular weight excluding hydrogens is 459 g/mol. The van der Waals surface area contributed by atoms with Gasteiger partial charge in [0.05, 0.1) is 15.7 Å². The Morgan fingerprint density at radius 1 is 1.29 bits per heavy atom. The molecule has 0 bridgehead atoms. The monoisotopic (exact) mass is 481 g/mol. The molecule has 0 aromatic carbocycles. The van der Waals surface area contributed by atoms with E-state index in [4.69, 9.17) is 4.74 Å². The van der Waals surface area contributed by atoms with Crippen LogP contribution in [0.4, 0.5) is 13.2 Å². The molecule has 0 amide bonds. The number of nitrogens with one attached hydrogen (secondary N) is 1. The Bertz CT molecular complexity index is 873. The van der Waals surface area contributed by atoms with Crippen molar-refractivity contribution in [2.75, 3.05) is 13.2 Å². The second kappa shape index (κ2) is 8.04. The van der Waals surface area contributed by atoms with E-state index in [9.17, 15) is 17.4 Å². The molecule has 0 radical (unpaired) electrons. The van der Waals surface area contributed by atoms with Crippen LogP contribution in [0.15, 0.2) is 22.9 Å². The lowest BCUT2D eigenvalue weighted by molar-refractivity contribution is -0.152. The van der Waals surface area contributed by atoms with Crippen molar-refractivity contribution in [2.24, 2.45) is 0 Å². The fourth-order valence-corrected chi connectivity index (χ4v) is 4.32. The number of hydrogen-bond acceptors (Lipinski definition) is 3. The van der Waals surface area contributed by atoms with E-state index in [0.29, 0.717) is 41.7 Å². The van der Waals surface area contributed by atoms with Crippen LogP contribution in [0, 0.1) is 0 Å². The van der Waals surface area contributed by atoms with Crippen LogP contribution in [0.5, 0.6) is 0 Å². The van der Waals surface area contributed by atoms with Gasteiger partial charge in [-0.25, -0.2) is 13.9 Å². The summed E-state index contributed by atoms with van der Waals surface area (Å²) in [7, 11) is -1.89. The highest BCUT2D eigenvalue weighted by Crippen LogP contribution is 2.40. The standard InChI is InChI=1S/C18H23BrF3N3O2S/c1-17(2,3)28(26)24-15(18(20,21)22)13-10-25(11-6-8-27-9-7-11)16-12(13)4-5-14(19)23-16/h4-5,10-11,15,24H,6-9H2,1-3H3/t15-,28-/m0/s1. The average Bonchev–Trinajstić information content (AvgIpc) is 2.96. The molecule has 1 N–H and O–H groups in total. The number of alkyl halides is 3. The van der Waals surface area contributed by atoms with Crippen LogP contribution in [0.25, 0.3) is 11.0 Å². The van der Waals surface area contributed by atoms with E-state index in [1.54, 1.807) is 37.5 Å². The average molecular weight is 482 g/mol. The number of rotatable bonds is 4. The van der Waals surface area contributed by atoms with Crippen molar-refractivity contribution in [3.05, 3.63) is 28.5 Å². The summed E-state index contributed by atoms with van der Waals surface area (Å²) in [6.45, 7) is 6.01. The van der Waals surface area contributed by atoms with Gasteiger partial charge in [-0.1, -0.05) is 0 Å². The van der Waals surface area contributed by atoms with Crippen molar-refractivity contribution in [3.63, 3.8) is 0 Å². The molecule has 2 aromatic heterocycles. The molecule has 0 spiro atoms. The Labute approximate surface area is 172 Å². The summed E-state index contributed by atoms with van der Waals surface area (Å²) < 4.78 is 63.5. The maximum absolute atomic E-state index is 14.0. The van der Waals surface area contributed by atoms with Crippen LogP contribution < -0.4 is 4.72 Å². The molecular formula is C18H23BrF3N3O2S. The summed E-state index contributed by atoms with van der Waals surface area (Å²) in [5.41, 5.74) is 0.514. The summed E-state index contributed by atoms with van der Waals surface area (Å²) in [4.78, 5) is 4.43. The maximum Gasteiger partial charge on any atom is 0.408 e. The summed E-state index contributed by atoms with van der Waals surface area (Å²) in [6.07, 6.45) is -1.70. The second-order valence-electron chi connectivity index (χ2n) is 7.81. The molecule has 1 saturated heterocycles. The number of halogens is 4. The minimum absolute atomic E-state index is 0.00815. The van der Waals surface area contributed by atoms with E-state index in [0.717, 1.165) is 0 Å². The van der Waals surface area contributed by atoms with Gasteiger partial charge in [-0.2, -0.15) is 13.2 Å². The van der Waals surface area contributed by atoms with E-state index < -0.39 is 28.0 Å². The van der Waals surface area contributed by atoms with Crippen LogP contribution in [0.1, 0.15) is 51.3 Å².